The number of hydrogen-bond acceptors (Lipinski definition) is 5. The molecule has 0 unspecified atom stereocenters. The Hall–Kier alpha value is -3.12. The number of phenolic OH excluding ortho intramolecular Hbond substituents is 1. The molecule has 0 spiro atoms. The second-order valence-electron chi connectivity index (χ2n) is 8.56. The summed E-state index contributed by atoms with van der Waals surface area (Å²) >= 11 is 0. The summed E-state index contributed by atoms with van der Waals surface area (Å²) in [6, 6.07) is 25.9. The molecular formula is C29H34N2O3. The molecule has 3 aromatic rings. The number of rotatable bonds is 10. The number of hydrogen-bond donors (Lipinski definition) is 3. The molecule has 1 saturated heterocycles. The van der Waals surface area contributed by atoms with E-state index in [-0.39, 0.29) is 12.4 Å². The van der Waals surface area contributed by atoms with Crippen LogP contribution in [0.2, 0.25) is 0 Å². The summed E-state index contributed by atoms with van der Waals surface area (Å²) in [6.07, 6.45) is 1.43. The van der Waals surface area contributed by atoms with Crippen LogP contribution < -0.4 is 10.1 Å². The quantitative estimate of drug-likeness (QED) is 0.393. The Balaban J connectivity index is 1.62. The van der Waals surface area contributed by atoms with E-state index in [1.807, 2.05) is 42.5 Å². The van der Waals surface area contributed by atoms with Gasteiger partial charge in [-0.15, -0.1) is 0 Å². The molecule has 0 bridgehead atoms. The number of aliphatic hydroxyl groups is 1. The predicted molar refractivity (Wildman–Crippen MR) is 138 cm³/mol. The maximum Gasteiger partial charge on any atom is 0.119 e. The van der Waals surface area contributed by atoms with Crippen molar-refractivity contribution < 1.29 is 14.9 Å². The highest BCUT2D eigenvalue weighted by atomic mass is 16.5. The molecule has 0 aromatic heterocycles. The second kappa shape index (κ2) is 12.4. The molecule has 178 valence electrons. The molecule has 34 heavy (non-hydrogen) atoms. The third kappa shape index (κ3) is 6.48. The van der Waals surface area contributed by atoms with Crippen molar-refractivity contribution in [2.45, 2.75) is 12.8 Å². The molecule has 0 saturated carbocycles. The van der Waals surface area contributed by atoms with E-state index in [1.165, 1.54) is 5.57 Å². The van der Waals surface area contributed by atoms with E-state index in [4.69, 9.17) is 4.74 Å². The highest BCUT2D eigenvalue weighted by molar-refractivity contribution is 5.98. The molecule has 1 fully saturated rings. The largest absolute Gasteiger partial charge is 0.508 e. The van der Waals surface area contributed by atoms with Crippen LogP contribution in [0.1, 0.15) is 29.5 Å². The van der Waals surface area contributed by atoms with E-state index in [9.17, 15) is 10.2 Å². The number of piperazine rings is 1. The van der Waals surface area contributed by atoms with E-state index in [0.29, 0.717) is 13.0 Å². The average Bonchev–Trinajstić information content (AvgIpc) is 2.89. The van der Waals surface area contributed by atoms with Gasteiger partial charge in [0.05, 0.1) is 0 Å². The van der Waals surface area contributed by atoms with Gasteiger partial charge in [-0.25, -0.2) is 0 Å². The van der Waals surface area contributed by atoms with Crippen molar-refractivity contribution in [2.24, 2.45) is 0 Å². The molecule has 1 heterocycles. The van der Waals surface area contributed by atoms with Gasteiger partial charge in [-0.3, -0.25) is 4.90 Å². The molecule has 1 aliphatic heterocycles. The Morgan fingerprint density at radius 2 is 1.47 bits per heavy atom. The summed E-state index contributed by atoms with van der Waals surface area (Å²) in [5.41, 5.74) is 5.52. The summed E-state index contributed by atoms with van der Waals surface area (Å²) in [7, 11) is 0. The first kappa shape index (κ1) is 24.0. The van der Waals surface area contributed by atoms with E-state index in [1.54, 1.807) is 12.1 Å². The minimum atomic E-state index is 0.138. The Labute approximate surface area is 202 Å². The van der Waals surface area contributed by atoms with Crippen LogP contribution in [0.4, 0.5) is 0 Å². The van der Waals surface area contributed by atoms with Gasteiger partial charge in [-0.05, 0) is 64.9 Å². The highest BCUT2D eigenvalue weighted by Crippen LogP contribution is 2.36. The summed E-state index contributed by atoms with van der Waals surface area (Å²) in [5, 5.41) is 22.8. The zero-order valence-corrected chi connectivity index (χ0v) is 19.6. The molecular weight excluding hydrogens is 424 g/mol. The van der Waals surface area contributed by atoms with Gasteiger partial charge < -0.3 is 20.3 Å². The van der Waals surface area contributed by atoms with Gasteiger partial charge in [0.15, 0.2) is 0 Å². The van der Waals surface area contributed by atoms with Crippen LogP contribution >= 0.6 is 0 Å². The molecule has 1 aliphatic rings. The van der Waals surface area contributed by atoms with Crippen LogP contribution in [0.15, 0.2) is 78.9 Å². The van der Waals surface area contributed by atoms with Gasteiger partial charge in [0.25, 0.3) is 0 Å². The third-order valence-electron chi connectivity index (χ3n) is 6.19. The van der Waals surface area contributed by atoms with Crippen LogP contribution in [0.5, 0.6) is 11.5 Å². The molecule has 0 atom stereocenters. The van der Waals surface area contributed by atoms with Gasteiger partial charge >= 0.3 is 0 Å². The van der Waals surface area contributed by atoms with Crippen molar-refractivity contribution >= 4 is 11.1 Å². The van der Waals surface area contributed by atoms with Gasteiger partial charge in [-0.2, -0.15) is 0 Å². The Morgan fingerprint density at radius 1 is 0.824 bits per heavy atom. The lowest BCUT2D eigenvalue weighted by molar-refractivity contribution is 0.191. The van der Waals surface area contributed by atoms with Crippen molar-refractivity contribution in [3.8, 4) is 11.5 Å². The minimum Gasteiger partial charge on any atom is -0.508 e. The maximum atomic E-state index is 9.85. The van der Waals surface area contributed by atoms with E-state index < -0.39 is 0 Å². The van der Waals surface area contributed by atoms with Crippen LogP contribution in [-0.4, -0.2) is 61.1 Å². The fraction of sp³-hybridized carbons (Fsp3) is 0.310. The van der Waals surface area contributed by atoms with Gasteiger partial charge in [0.2, 0.25) is 0 Å². The van der Waals surface area contributed by atoms with Gasteiger partial charge in [-0.1, -0.05) is 54.6 Å². The zero-order valence-electron chi connectivity index (χ0n) is 19.6. The van der Waals surface area contributed by atoms with E-state index in [2.05, 4.69) is 34.5 Å². The average molecular weight is 459 g/mol. The SMILES string of the molecule is OCCCC(=C(c1ccc(O)cc1)c1ccc(OCCN2CCNCC2)cc1)c1ccccc1. The predicted octanol–water partition coefficient (Wildman–Crippen LogP) is 4.41. The molecule has 4 rings (SSSR count). The number of allylic oxidation sites excluding steroid dienone is 1. The maximum absolute atomic E-state index is 9.85. The standard InChI is InChI=1S/C29H34N2O3/c32-21-4-7-28(23-5-2-1-3-6-23)29(24-8-12-26(33)13-9-24)25-10-14-27(15-11-25)34-22-20-31-18-16-30-17-19-31/h1-3,5-6,8-15,30,32-33H,4,7,16-22H2. The smallest absolute Gasteiger partial charge is 0.119 e. The van der Waals surface area contributed by atoms with E-state index >= 15 is 0 Å². The van der Waals surface area contributed by atoms with Crippen LogP contribution in [0.25, 0.3) is 11.1 Å². The highest BCUT2D eigenvalue weighted by Gasteiger charge is 2.15. The van der Waals surface area contributed by atoms with Crippen LogP contribution in [0, 0.1) is 0 Å². The number of aliphatic hydroxyl groups excluding tert-OH is 1. The van der Waals surface area contributed by atoms with Crippen molar-refractivity contribution in [1.29, 1.82) is 0 Å². The number of phenols is 1. The Morgan fingerprint density at radius 3 is 2.12 bits per heavy atom. The summed E-state index contributed by atoms with van der Waals surface area (Å²) < 4.78 is 6.03. The number of benzene rings is 3. The second-order valence-corrected chi connectivity index (χ2v) is 8.56. The van der Waals surface area contributed by atoms with Crippen LogP contribution in [-0.2, 0) is 0 Å². The van der Waals surface area contributed by atoms with Gasteiger partial charge in [0.1, 0.15) is 18.1 Å². The first-order valence-corrected chi connectivity index (χ1v) is 12.1. The first-order valence-electron chi connectivity index (χ1n) is 12.1. The third-order valence-corrected chi connectivity index (χ3v) is 6.19. The molecule has 3 N–H and O–H groups in total. The lowest BCUT2D eigenvalue weighted by Gasteiger charge is -2.26. The first-order chi connectivity index (χ1) is 16.7. The molecule has 0 amide bonds. The molecule has 0 radical (unpaired) electrons. The lowest BCUT2D eigenvalue weighted by Crippen LogP contribution is -2.44. The number of aromatic hydroxyl groups is 1. The van der Waals surface area contributed by atoms with Crippen molar-refractivity contribution in [2.75, 3.05) is 45.9 Å². The number of nitrogens with zero attached hydrogens (tertiary/aromatic N) is 1. The topological polar surface area (TPSA) is 65.0 Å². The molecule has 5 nitrogen and oxygen atoms in total. The zero-order chi connectivity index (χ0) is 23.6. The fourth-order valence-electron chi connectivity index (χ4n) is 4.40. The van der Waals surface area contributed by atoms with Crippen molar-refractivity contribution in [1.82, 2.24) is 10.2 Å². The molecule has 3 aromatic carbocycles. The number of nitrogens with one attached hydrogen (secondary N) is 1. The normalized spacial score (nSPS) is 15.1. The van der Waals surface area contributed by atoms with Crippen molar-refractivity contribution in [3.63, 3.8) is 0 Å². The lowest BCUT2D eigenvalue weighted by atomic mass is 9.87. The monoisotopic (exact) mass is 458 g/mol. The Kier molecular flexibility index (Phi) is 8.74. The summed E-state index contributed by atoms with van der Waals surface area (Å²) in [4.78, 5) is 2.42. The van der Waals surface area contributed by atoms with Crippen LogP contribution in [0.3, 0.4) is 0 Å². The summed E-state index contributed by atoms with van der Waals surface area (Å²) in [6.45, 7) is 5.97. The Bertz CT molecular complexity index is 1040. The van der Waals surface area contributed by atoms with Crippen molar-refractivity contribution in [3.05, 3.63) is 95.6 Å². The summed E-state index contributed by atoms with van der Waals surface area (Å²) in [5.74, 6) is 1.11. The van der Waals surface area contributed by atoms with Gasteiger partial charge in [0, 0.05) is 39.3 Å². The minimum absolute atomic E-state index is 0.138. The fourth-order valence-corrected chi connectivity index (χ4v) is 4.40. The molecule has 0 aliphatic carbocycles. The number of ether oxygens (including phenoxy) is 1. The van der Waals surface area contributed by atoms with E-state index in [0.717, 1.165) is 67.2 Å². The molecule has 5 heteroatoms.